The molecule has 0 aliphatic heterocycles. The monoisotopic (exact) mass is 242 g/mol. The summed E-state index contributed by atoms with van der Waals surface area (Å²) in [5, 5.41) is 11.8. The molecule has 4 nitrogen and oxygen atoms in total. The van der Waals surface area contributed by atoms with Crippen LogP contribution >= 0.6 is 0 Å². The fraction of sp³-hybridized carbons (Fsp3) is 0.0714. The molecule has 2 rings (SSSR count). The molecule has 0 heterocycles. The molecule has 0 amide bonds. The normalized spacial score (nSPS) is 11.3. The fourth-order valence-electron chi connectivity index (χ4n) is 1.65. The third-order valence-corrected chi connectivity index (χ3v) is 2.56. The number of hydrogen-bond acceptors (Lipinski definition) is 3. The second kappa shape index (κ2) is 5.23. The van der Waals surface area contributed by atoms with Gasteiger partial charge in [0.05, 0.1) is 5.56 Å². The maximum Gasteiger partial charge on any atom is 0.173 e. The molecule has 0 radical (unpaired) electrons. The summed E-state index contributed by atoms with van der Waals surface area (Å²) in [6.07, 6.45) is 0. The molecule has 0 bridgehead atoms. The number of nitrogens with zero attached hydrogens (tertiary/aromatic N) is 1. The number of oxime groups is 1. The molecular weight excluding hydrogens is 228 g/mol. The lowest BCUT2D eigenvalue weighted by Gasteiger charge is -2.12. The van der Waals surface area contributed by atoms with Crippen molar-refractivity contribution in [3.8, 4) is 11.5 Å². The van der Waals surface area contributed by atoms with E-state index in [0.717, 1.165) is 5.56 Å². The summed E-state index contributed by atoms with van der Waals surface area (Å²) in [6.45, 7) is 1.91. The first-order valence-corrected chi connectivity index (χ1v) is 5.53. The van der Waals surface area contributed by atoms with Crippen molar-refractivity contribution in [1.82, 2.24) is 0 Å². The van der Waals surface area contributed by atoms with Gasteiger partial charge in [0.15, 0.2) is 5.84 Å². The maximum absolute atomic E-state index is 8.78. The topological polar surface area (TPSA) is 67.8 Å². The molecule has 4 heteroatoms. The van der Waals surface area contributed by atoms with Crippen molar-refractivity contribution in [2.75, 3.05) is 0 Å². The molecule has 2 aromatic rings. The first-order chi connectivity index (χ1) is 8.72. The van der Waals surface area contributed by atoms with Crippen molar-refractivity contribution < 1.29 is 9.94 Å². The Morgan fingerprint density at radius 1 is 1.11 bits per heavy atom. The van der Waals surface area contributed by atoms with Crippen LogP contribution < -0.4 is 10.5 Å². The summed E-state index contributed by atoms with van der Waals surface area (Å²) in [5.74, 6) is 1.34. The van der Waals surface area contributed by atoms with Crippen LogP contribution in [0.1, 0.15) is 11.1 Å². The predicted molar refractivity (Wildman–Crippen MR) is 70.2 cm³/mol. The molecule has 0 unspecified atom stereocenters. The Bertz CT molecular complexity index is 565. The Morgan fingerprint density at radius 2 is 1.83 bits per heavy atom. The lowest BCUT2D eigenvalue weighted by atomic mass is 10.1. The zero-order chi connectivity index (χ0) is 13.0. The Hall–Kier alpha value is -2.49. The van der Waals surface area contributed by atoms with E-state index in [2.05, 4.69) is 5.16 Å². The highest BCUT2D eigenvalue weighted by atomic mass is 16.5. The number of ether oxygens (including phenoxy) is 1. The highest BCUT2D eigenvalue weighted by Gasteiger charge is 2.11. The van der Waals surface area contributed by atoms with Crippen LogP contribution in [-0.4, -0.2) is 11.0 Å². The average Bonchev–Trinajstić information content (AvgIpc) is 2.41. The van der Waals surface area contributed by atoms with Crippen LogP contribution in [0.25, 0.3) is 0 Å². The van der Waals surface area contributed by atoms with Crippen molar-refractivity contribution in [2.45, 2.75) is 6.92 Å². The minimum absolute atomic E-state index is 0.0321. The van der Waals surface area contributed by atoms with E-state index < -0.39 is 0 Å². The summed E-state index contributed by atoms with van der Waals surface area (Å²) in [6, 6.07) is 14.9. The van der Waals surface area contributed by atoms with Crippen LogP contribution in [0, 0.1) is 6.92 Å². The molecule has 0 saturated carbocycles. The van der Waals surface area contributed by atoms with E-state index in [9.17, 15) is 0 Å². The SMILES string of the molecule is Cc1cccc(/C(N)=N/O)c1Oc1ccccc1. The van der Waals surface area contributed by atoms with Crippen LogP contribution in [0.4, 0.5) is 0 Å². The van der Waals surface area contributed by atoms with Gasteiger partial charge in [0.25, 0.3) is 0 Å². The van der Waals surface area contributed by atoms with Crippen molar-refractivity contribution in [3.63, 3.8) is 0 Å². The summed E-state index contributed by atoms with van der Waals surface area (Å²) in [4.78, 5) is 0. The van der Waals surface area contributed by atoms with Crippen molar-refractivity contribution >= 4 is 5.84 Å². The largest absolute Gasteiger partial charge is 0.456 e. The maximum atomic E-state index is 8.78. The second-order valence-electron chi connectivity index (χ2n) is 3.85. The molecule has 0 fully saturated rings. The van der Waals surface area contributed by atoms with Gasteiger partial charge in [-0.25, -0.2) is 0 Å². The molecule has 0 spiro atoms. The number of benzene rings is 2. The first-order valence-electron chi connectivity index (χ1n) is 5.53. The summed E-state index contributed by atoms with van der Waals surface area (Å²) >= 11 is 0. The van der Waals surface area contributed by atoms with Gasteiger partial charge in [0, 0.05) is 0 Å². The molecule has 0 saturated heterocycles. The molecule has 0 aliphatic rings. The van der Waals surface area contributed by atoms with Crippen molar-refractivity contribution in [1.29, 1.82) is 0 Å². The lowest BCUT2D eigenvalue weighted by Crippen LogP contribution is -2.14. The van der Waals surface area contributed by atoms with E-state index >= 15 is 0 Å². The third-order valence-electron chi connectivity index (χ3n) is 2.56. The molecule has 3 N–H and O–H groups in total. The third kappa shape index (κ3) is 2.43. The minimum atomic E-state index is 0.0321. The van der Waals surface area contributed by atoms with E-state index in [1.807, 2.05) is 49.4 Å². The highest BCUT2D eigenvalue weighted by Crippen LogP contribution is 2.28. The molecule has 18 heavy (non-hydrogen) atoms. The zero-order valence-corrected chi connectivity index (χ0v) is 10.00. The summed E-state index contributed by atoms with van der Waals surface area (Å²) < 4.78 is 5.79. The van der Waals surface area contributed by atoms with E-state index in [-0.39, 0.29) is 5.84 Å². The van der Waals surface area contributed by atoms with Gasteiger partial charge in [0.2, 0.25) is 0 Å². The van der Waals surface area contributed by atoms with Crippen molar-refractivity contribution in [3.05, 3.63) is 59.7 Å². The van der Waals surface area contributed by atoms with Crippen molar-refractivity contribution in [2.24, 2.45) is 10.9 Å². The Labute approximate surface area is 105 Å². The van der Waals surface area contributed by atoms with E-state index in [1.165, 1.54) is 0 Å². The average molecular weight is 242 g/mol. The van der Waals surface area contributed by atoms with Gasteiger partial charge in [-0.15, -0.1) is 0 Å². The predicted octanol–water partition coefficient (Wildman–Crippen LogP) is 2.88. The summed E-state index contributed by atoms with van der Waals surface area (Å²) in [7, 11) is 0. The number of rotatable bonds is 3. The first kappa shape index (κ1) is 12.0. The molecule has 0 atom stereocenters. The minimum Gasteiger partial charge on any atom is -0.456 e. The molecule has 2 aromatic carbocycles. The smallest absolute Gasteiger partial charge is 0.173 e. The van der Waals surface area contributed by atoms with Crippen LogP contribution in [-0.2, 0) is 0 Å². The van der Waals surface area contributed by atoms with Gasteiger partial charge in [-0.2, -0.15) is 0 Å². The molecule has 92 valence electrons. The van der Waals surface area contributed by atoms with Crippen LogP contribution in [0.3, 0.4) is 0 Å². The number of para-hydroxylation sites is 2. The Kier molecular flexibility index (Phi) is 3.48. The second-order valence-corrected chi connectivity index (χ2v) is 3.85. The van der Waals surface area contributed by atoms with Gasteiger partial charge >= 0.3 is 0 Å². The van der Waals surface area contributed by atoms with Gasteiger partial charge < -0.3 is 15.7 Å². The fourth-order valence-corrected chi connectivity index (χ4v) is 1.65. The molecule has 0 aliphatic carbocycles. The molecular formula is C14H14N2O2. The van der Waals surface area contributed by atoms with Crippen LogP contribution in [0.15, 0.2) is 53.7 Å². The standard InChI is InChI=1S/C14H14N2O2/c1-10-6-5-9-12(14(15)16-17)13(10)18-11-7-3-2-4-8-11/h2-9,17H,1H3,(H2,15,16). The van der Waals surface area contributed by atoms with Crippen LogP contribution in [0.5, 0.6) is 11.5 Å². The Morgan fingerprint density at radius 3 is 2.50 bits per heavy atom. The number of aryl methyl sites for hydroxylation is 1. The van der Waals surface area contributed by atoms with Gasteiger partial charge in [-0.3, -0.25) is 0 Å². The quantitative estimate of drug-likeness (QED) is 0.376. The highest BCUT2D eigenvalue weighted by molar-refractivity contribution is 6.00. The lowest BCUT2D eigenvalue weighted by molar-refractivity contribution is 0.318. The molecule has 0 aromatic heterocycles. The number of nitrogens with two attached hydrogens (primary N) is 1. The van der Waals surface area contributed by atoms with E-state index in [1.54, 1.807) is 6.07 Å². The Balaban J connectivity index is 2.44. The number of amidine groups is 1. The van der Waals surface area contributed by atoms with Gasteiger partial charge in [-0.05, 0) is 30.7 Å². The summed E-state index contributed by atoms with van der Waals surface area (Å²) in [5.41, 5.74) is 7.13. The zero-order valence-electron chi connectivity index (χ0n) is 10.00. The van der Waals surface area contributed by atoms with E-state index in [4.69, 9.17) is 15.7 Å². The van der Waals surface area contributed by atoms with Crippen LogP contribution in [0.2, 0.25) is 0 Å². The number of hydrogen-bond donors (Lipinski definition) is 2. The van der Waals surface area contributed by atoms with E-state index in [0.29, 0.717) is 17.1 Å². The van der Waals surface area contributed by atoms with Gasteiger partial charge in [0.1, 0.15) is 11.5 Å². The van der Waals surface area contributed by atoms with Gasteiger partial charge in [-0.1, -0.05) is 35.5 Å².